The minimum Gasteiger partial charge on any atom is -0.496 e. The first-order valence-electron chi connectivity index (χ1n) is 7.74. The number of anilines is 1. The molecule has 0 fully saturated rings. The predicted octanol–water partition coefficient (Wildman–Crippen LogP) is 4.53. The van der Waals surface area contributed by atoms with Gasteiger partial charge in [-0.15, -0.1) is 11.3 Å². The fraction of sp³-hybridized carbons (Fsp3) is 0.263. The van der Waals surface area contributed by atoms with Crippen molar-refractivity contribution >= 4 is 33.1 Å². The van der Waals surface area contributed by atoms with Gasteiger partial charge in [-0.3, -0.25) is 4.79 Å². The molecular weight excluding hydrogens is 320 g/mol. The third-order valence-corrected chi connectivity index (χ3v) is 5.05. The molecule has 1 heterocycles. The van der Waals surface area contributed by atoms with Crippen molar-refractivity contribution in [2.75, 3.05) is 12.4 Å². The number of amides is 1. The van der Waals surface area contributed by atoms with Gasteiger partial charge in [0.25, 0.3) is 0 Å². The second-order valence-electron chi connectivity index (χ2n) is 6.19. The highest BCUT2D eigenvalue weighted by atomic mass is 32.1. The molecule has 1 amide bonds. The Morgan fingerprint density at radius 3 is 2.71 bits per heavy atom. The van der Waals surface area contributed by atoms with Crippen LogP contribution in [0.4, 0.5) is 5.69 Å². The van der Waals surface area contributed by atoms with Crippen LogP contribution in [0.1, 0.15) is 24.4 Å². The van der Waals surface area contributed by atoms with Gasteiger partial charge in [0.05, 0.1) is 27.7 Å². The van der Waals surface area contributed by atoms with E-state index in [-0.39, 0.29) is 5.91 Å². The lowest BCUT2D eigenvalue weighted by molar-refractivity contribution is -0.120. The van der Waals surface area contributed by atoms with Crippen molar-refractivity contribution in [3.63, 3.8) is 0 Å². The first-order valence-corrected chi connectivity index (χ1v) is 8.55. The summed E-state index contributed by atoms with van der Waals surface area (Å²) in [5, 5.41) is 4.02. The number of carbonyl (C=O) groups excluding carboxylic acids is 1. The minimum absolute atomic E-state index is 0.0849. The van der Waals surface area contributed by atoms with Gasteiger partial charge in [-0.2, -0.15) is 0 Å². The van der Waals surface area contributed by atoms with E-state index in [1.54, 1.807) is 18.4 Å². The smallest absolute Gasteiger partial charge is 0.234 e. The lowest BCUT2D eigenvalue weighted by atomic mass is 9.83. The molecule has 0 saturated carbocycles. The molecular formula is C19H20N2O2S. The number of para-hydroxylation sites is 1. The first kappa shape index (κ1) is 16.5. The largest absolute Gasteiger partial charge is 0.496 e. The van der Waals surface area contributed by atoms with Crippen LogP contribution in [0, 0.1) is 6.92 Å². The van der Waals surface area contributed by atoms with E-state index in [4.69, 9.17) is 4.74 Å². The zero-order valence-electron chi connectivity index (χ0n) is 14.2. The molecule has 5 heteroatoms. The number of methoxy groups -OCH3 is 1. The molecule has 2 aromatic carbocycles. The van der Waals surface area contributed by atoms with Crippen molar-refractivity contribution in [2.24, 2.45) is 0 Å². The summed E-state index contributed by atoms with van der Waals surface area (Å²) in [5.74, 6) is 0.626. The van der Waals surface area contributed by atoms with Gasteiger partial charge in [0.2, 0.25) is 5.91 Å². The van der Waals surface area contributed by atoms with Crippen LogP contribution in [-0.4, -0.2) is 18.0 Å². The van der Waals surface area contributed by atoms with E-state index in [0.717, 1.165) is 26.5 Å². The molecule has 0 atom stereocenters. The third kappa shape index (κ3) is 2.99. The van der Waals surface area contributed by atoms with E-state index >= 15 is 0 Å². The maximum atomic E-state index is 12.9. The zero-order chi connectivity index (χ0) is 17.3. The number of fused-ring (bicyclic) bond motifs is 1. The Balaban J connectivity index is 1.89. The first-order chi connectivity index (χ1) is 11.4. The Morgan fingerprint density at radius 1 is 1.21 bits per heavy atom. The molecule has 0 radical (unpaired) electrons. The molecule has 0 unspecified atom stereocenters. The molecule has 0 bridgehead atoms. The summed E-state index contributed by atoms with van der Waals surface area (Å²) in [6, 6.07) is 13.4. The summed E-state index contributed by atoms with van der Waals surface area (Å²) in [4.78, 5) is 17.3. The summed E-state index contributed by atoms with van der Waals surface area (Å²) >= 11 is 1.65. The summed E-state index contributed by atoms with van der Waals surface area (Å²) in [5.41, 5.74) is 1.79. The van der Waals surface area contributed by atoms with Crippen LogP contribution in [-0.2, 0) is 10.2 Å². The quantitative estimate of drug-likeness (QED) is 0.759. The highest BCUT2D eigenvalue weighted by Crippen LogP contribution is 2.33. The van der Waals surface area contributed by atoms with Crippen molar-refractivity contribution in [1.82, 2.24) is 4.98 Å². The highest BCUT2D eigenvalue weighted by Gasteiger charge is 2.32. The number of nitrogens with zero attached hydrogens (tertiary/aromatic N) is 1. The minimum atomic E-state index is -0.723. The second kappa shape index (κ2) is 6.24. The Kier molecular flexibility index (Phi) is 4.28. The van der Waals surface area contributed by atoms with Gasteiger partial charge in [-0.1, -0.05) is 18.2 Å². The normalized spacial score (nSPS) is 11.5. The van der Waals surface area contributed by atoms with E-state index in [2.05, 4.69) is 10.3 Å². The number of hydrogen-bond acceptors (Lipinski definition) is 4. The standard InChI is InChI=1S/C19H20N2O2S/c1-12-20-15-11-13(9-10-17(15)24-12)21-18(22)19(2,3)14-7-5-6-8-16(14)23-4/h5-11H,1-4H3,(H,21,22). The topological polar surface area (TPSA) is 51.2 Å². The molecule has 4 nitrogen and oxygen atoms in total. The maximum absolute atomic E-state index is 12.9. The van der Waals surface area contributed by atoms with Gasteiger partial charge in [-0.25, -0.2) is 4.98 Å². The maximum Gasteiger partial charge on any atom is 0.234 e. The van der Waals surface area contributed by atoms with Crippen LogP contribution in [0.2, 0.25) is 0 Å². The fourth-order valence-corrected chi connectivity index (χ4v) is 3.50. The Bertz CT molecular complexity index is 899. The molecule has 0 saturated heterocycles. The lowest BCUT2D eigenvalue weighted by Gasteiger charge is -2.26. The van der Waals surface area contributed by atoms with Gasteiger partial charge in [-0.05, 0) is 45.0 Å². The summed E-state index contributed by atoms with van der Waals surface area (Å²) in [6.07, 6.45) is 0. The fourth-order valence-electron chi connectivity index (χ4n) is 2.69. The molecule has 0 spiro atoms. The third-order valence-electron chi connectivity index (χ3n) is 4.10. The van der Waals surface area contributed by atoms with Crippen LogP contribution < -0.4 is 10.1 Å². The molecule has 24 heavy (non-hydrogen) atoms. The van der Waals surface area contributed by atoms with E-state index < -0.39 is 5.41 Å². The van der Waals surface area contributed by atoms with Crippen molar-refractivity contribution in [2.45, 2.75) is 26.2 Å². The van der Waals surface area contributed by atoms with Gasteiger partial charge >= 0.3 is 0 Å². The molecule has 1 aromatic heterocycles. The molecule has 124 valence electrons. The van der Waals surface area contributed by atoms with Crippen molar-refractivity contribution in [1.29, 1.82) is 0 Å². The summed E-state index contributed by atoms with van der Waals surface area (Å²) < 4.78 is 6.52. The lowest BCUT2D eigenvalue weighted by Crippen LogP contribution is -2.35. The zero-order valence-corrected chi connectivity index (χ0v) is 15.0. The SMILES string of the molecule is COc1ccccc1C(C)(C)C(=O)Nc1ccc2sc(C)nc2c1. The van der Waals surface area contributed by atoms with Gasteiger partial charge in [0.1, 0.15) is 5.75 Å². The number of thiazole rings is 1. The molecule has 0 aliphatic carbocycles. The van der Waals surface area contributed by atoms with Gasteiger partial charge < -0.3 is 10.1 Å². The Labute approximate surface area is 145 Å². The van der Waals surface area contributed by atoms with Gasteiger partial charge in [0.15, 0.2) is 0 Å². The number of carbonyl (C=O) groups is 1. The van der Waals surface area contributed by atoms with Crippen molar-refractivity contribution < 1.29 is 9.53 Å². The number of ether oxygens (including phenoxy) is 1. The predicted molar refractivity (Wildman–Crippen MR) is 99.0 cm³/mol. The van der Waals surface area contributed by atoms with E-state index in [9.17, 15) is 4.79 Å². The summed E-state index contributed by atoms with van der Waals surface area (Å²) in [6.45, 7) is 5.77. The van der Waals surface area contributed by atoms with E-state index in [1.165, 1.54) is 0 Å². The molecule has 0 aliphatic rings. The average Bonchev–Trinajstić information content (AvgIpc) is 2.94. The van der Waals surface area contributed by atoms with Crippen LogP contribution >= 0.6 is 11.3 Å². The van der Waals surface area contributed by atoms with Crippen molar-refractivity contribution in [3.05, 3.63) is 53.0 Å². The number of aryl methyl sites for hydroxylation is 1. The van der Waals surface area contributed by atoms with Gasteiger partial charge in [0, 0.05) is 11.3 Å². The number of nitrogens with one attached hydrogen (secondary N) is 1. The number of benzene rings is 2. The molecule has 1 N–H and O–H groups in total. The van der Waals surface area contributed by atoms with Crippen LogP contribution in [0.15, 0.2) is 42.5 Å². The second-order valence-corrected chi connectivity index (χ2v) is 7.43. The average molecular weight is 340 g/mol. The monoisotopic (exact) mass is 340 g/mol. The van der Waals surface area contributed by atoms with Crippen LogP contribution in [0.25, 0.3) is 10.2 Å². The molecule has 3 rings (SSSR count). The number of aromatic nitrogens is 1. The van der Waals surface area contributed by atoms with Crippen molar-refractivity contribution in [3.8, 4) is 5.75 Å². The van der Waals surface area contributed by atoms with E-state index in [1.807, 2.05) is 63.2 Å². The Morgan fingerprint density at radius 2 is 1.96 bits per heavy atom. The number of hydrogen-bond donors (Lipinski definition) is 1. The van der Waals surface area contributed by atoms with Crippen LogP contribution in [0.5, 0.6) is 5.75 Å². The highest BCUT2D eigenvalue weighted by molar-refractivity contribution is 7.18. The molecule has 3 aromatic rings. The Hall–Kier alpha value is -2.40. The van der Waals surface area contributed by atoms with Crippen LogP contribution in [0.3, 0.4) is 0 Å². The summed E-state index contributed by atoms with van der Waals surface area (Å²) in [7, 11) is 1.62. The van der Waals surface area contributed by atoms with E-state index in [0.29, 0.717) is 5.75 Å². The molecule has 0 aliphatic heterocycles. The number of rotatable bonds is 4.